The first-order valence-corrected chi connectivity index (χ1v) is 10.4. The highest BCUT2D eigenvalue weighted by molar-refractivity contribution is 8.00. The van der Waals surface area contributed by atoms with E-state index in [1.807, 2.05) is 65.5 Å². The number of thiophene rings is 1. The summed E-state index contributed by atoms with van der Waals surface area (Å²) in [7, 11) is 0. The van der Waals surface area contributed by atoms with Gasteiger partial charge in [-0.05, 0) is 30.0 Å². The average molecular weight is 395 g/mol. The fourth-order valence-electron chi connectivity index (χ4n) is 2.65. The first-order chi connectivity index (χ1) is 13.2. The highest BCUT2D eigenvalue weighted by Gasteiger charge is 2.11. The van der Waals surface area contributed by atoms with Crippen molar-refractivity contribution in [2.45, 2.75) is 18.5 Å². The Morgan fingerprint density at radius 2 is 2.11 bits per heavy atom. The number of thioether (sulfide) groups is 1. The molecule has 3 heterocycles. The van der Waals surface area contributed by atoms with Crippen LogP contribution >= 0.6 is 23.1 Å². The summed E-state index contributed by atoms with van der Waals surface area (Å²) >= 11 is 3.08. The van der Waals surface area contributed by atoms with Gasteiger partial charge in [0.15, 0.2) is 0 Å². The van der Waals surface area contributed by atoms with Crippen LogP contribution in [0.4, 0.5) is 0 Å². The lowest BCUT2D eigenvalue weighted by Crippen LogP contribution is -2.24. The van der Waals surface area contributed by atoms with Crippen molar-refractivity contribution in [1.29, 1.82) is 0 Å². The third-order valence-corrected chi connectivity index (χ3v) is 5.97. The third kappa shape index (κ3) is 4.20. The molecule has 0 aliphatic heterocycles. The summed E-state index contributed by atoms with van der Waals surface area (Å²) in [5, 5.41) is 10.4. The van der Waals surface area contributed by atoms with Gasteiger partial charge in [-0.15, -0.1) is 11.3 Å². The lowest BCUT2D eigenvalue weighted by atomic mass is 10.1. The first-order valence-electron chi connectivity index (χ1n) is 8.52. The molecule has 0 aliphatic carbocycles. The van der Waals surface area contributed by atoms with Crippen molar-refractivity contribution in [1.82, 2.24) is 19.9 Å². The molecule has 27 heavy (non-hydrogen) atoms. The number of aromatic nitrogens is 3. The molecule has 7 heteroatoms. The van der Waals surface area contributed by atoms with Crippen molar-refractivity contribution in [3.8, 4) is 10.6 Å². The molecule has 4 aromatic rings. The van der Waals surface area contributed by atoms with Crippen molar-refractivity contribution in [2.24, 2.45) is 0 Å². The van der Waals surface area contributed by atoms with Gasteiger partial charge in [-0.1, -0.05) is 47.7 Å². The molecule has 0 spiro atoms. The number of carbonyl (C=O) groups excluding carboxylic acids is 1. The number of nitrogens with one attached hydrogen (secondary N) is 1. The van der Waals surface area contributed by atoms with Crippen LogP contribution < -0.4 is 5.32 Å². The summed E-state index contributed by atoms with van der Waals surface area (Å²) in [5.74, 6) is 0.306. The van der Waals surface area contributed by atoms with E-state index in [0.29, 0.717) is 12.3 Å². The number of hydrogen-bond acceptors (Lipinski definition) is 5. The van der Waals surface area contributed by atoms with Gasteiger partial charge >= 0.3 is 0 Å². The largest absolute Gasteiger partial charge is 0.351 e. The van der Waals surface area contributed by atoms with Gasteiger partial charge in [0, 0.05) is 18.9 Å². The molecule has 0 fully saturated rings. The number of carbonyl (C=O) groups is 1. The summed E-state index contributed by atoms with van der Waals surface area (Å²) in [5.41, 5.74) is 4.14. The van der Waals surface area contributed by atoms with E-state index in [9.17, 15) is 4.79 Å². The van der Waals surface area contributed by atoms with Gasteiger partial charge in [-0.25, -0.2) is 9.50 Å². The van der Waals surface area contributed by atoms with Crippen molar-refractivity contribution in [3.63, 3.8) is 0 Å². The smallest absolute Gasteiger partial charge is 0.230 e. The minimum atomic E-state index is -0.0117. The van der Waals surface area contributed by atoms with Crippen molar-refractivity contribution >= 4 is 34.5 Å². The van der Waals surface area contributed by atoms with E-state index < -0.39 is 0 Å². The normalized spacial score (nSPS) is 11.0. The second-order valence-electron chi connectivity index (χ2n) is 6.12. The fourth-order valence-corrected chi connectivity index (χ4v) is 4.13. The maximum absolute atomic E-state index is 12.2. The summed E-state index contributed by atoms with van der Waals surface area (Å²) in [6.07, 6.45) is 3.54. The average Bonchev–Trinajstić information content (AvgIpc) is 3.35. The second-order valence-corrected chi connectivity index (χ2v) is 8.03. The molecule has 1 N–H and O–H groups in total. The Balaban J connectivity index is 1.41. The highest BCUT2D eigenvalue weighted by atomic mass is 32.2. The summed E-state index contributed by atoms with van der Waals surface area (Å²) in [6, 6.07) is 14.2. The Bertz CT molecular complexity index is 1060. The van der Waals surface area contributed by atoms with E-state index in [-0.39, 0.29) is 5.91 Å². The molecule has 0 bridgehead atoms. The number of hydrogen-bond donors (Lipinski definition) is 1. The third-order valence-electron chi connectivity index (χ3n) is 4.08. The zero-order chi connectivity index (χ0) is 18.6. The monoisotopic (exact) mass is 394 g/mol. The topological polar surface area (TPSA) is 59.3 Å². The zero-order valence-corrected chi connectivity index (χ0v) is 16.4. The Morgan fingerprint density at radius 1 is 1.26 bits per heavy atom. The molecule has 0 unspecified atom stereocenters. The number of nitrogens with zero attached hydrogens (tertiary/aromatic N) is 3. The molecule has 3 aromatic heterocycles. The van der Waals surface area contributed by atoms with E-state index in [0.717, 1.165) is 26.7 Å². The van der Waals surface area contributed by atoms with Gasteiger partial charge < -0.3 is 5.32 Å². The molecule has 0 aliphatic rings. The van der Waals surface area contributed by atoms with Gasteiger partial charge in [0.05, 0.1) is 16.1 Å². The summed E-state index contributed by atoms with van der Waals surface area (Å²) in [6.45, 7) is 2.58. The van der Waals surface area contributed by atoms with Crippen LogP contribution in [0, 0.1) is 6.92 Å². The Kier molecular flexibility index (Phi) is 5.22. The molecule has 0 saturated heterocycles. The maximum Gasteiger partial charge on any atom is 0.230 e. The van der Waals surface area contributed by atoms with Crippen molar-refractivity contribution in [2.75, 3.05) is 5.75 Å². The molecular formula is C20H18N4OS2. The fraction of sp³-hybridized carbons (Fsp3) is 0.150. The Morgan fingerprint density at radius 3 is 2.89 bits per heavy atom. The zero-order valence-electron chi connectivity index (χ0n) is 14.8. The number of amides is 1. The standard InChI is InChI=1S/C20H18N4OS2/c1-14-4-6-15(7-5-14)12-22-19(25)13-27-20-17-11-16(18-3-2-10-26-18)23-24(17)9-8-21-20/h2-11H,12-13H2,1H3,(H,22,25). The van der Waals surface area contributed by atoms with Crippen LogP contribution in [0.1, 0.15) is 11.1 Å². The van der Waals surface area contributed by atoms with E-state index >= 15 is 0 Å². The SMILES string of the molecule is Cc1ccc(CNC(=O)CSc2nccn3nc(-c4cccs4)cc23)cc1. The molecular weight excluding hydrogens is 376 g/mol. The van der Waals surface area contributed by atoms with E-state index in [1.165, 1.54) is 17.3 Å². The van der Waals surface area contributed by atoms with Crippen LogP contribution in [-0.4, -0.2) is 26.3 Å². The van der Waals surface area contributed by atoms with E-state index in [4.69, 9.17) is 0 Å². The van der Waals surface area contributed by atoms with Crippen LogP contribution in [-0.2, 0) is 11.3 Å². The Hall–Kier alpha value is -2.64. The number of fused-ring (bicyclic) bond motifs is 1. The van der Waals surface area contributed by atoms with Gasteiger partial charge in [0.1, 0.15) is 10.7 Å². The predicted octanol–water partition coefficient (Wildman–Crippen LogP) is 4.17. The predicted molar refractivity (Wildman–Crippen MR) is 110 cm³/mol. The minimum Gasteiger partial charge on any atom is -0.351 e. The van der Waals surface area contributed by atoms with E-state index in [2.05, 4.69) is 15.4 Å². The van der Waals surface area contributed by atoms with Crippen LogP contribution in [0.3, 0.4) is 0 Å². The van der Waals surface area contributed by atoms with Crippen molar-refractivity contribution < 1.29 is 4.79 Å². The number of aryl methyl sites for hydroxylation is 1. The lowest BCUT2D eigenvalue weighted by molar-refractivity contribution is -0.118. The second kappa shape index (κ2) is 7.94. The number of rotatable bonds is 6. The van der Waals surface area contributed by atoms with Gasteiger partial charge in [0.25, 0.3) is 0 Å². The summed E-state index contributed by atoms with van der Waals surface area (Å²) < 4.78 is 1.81. The Labute approximate surface area is 165 Å². The molecule has 0 radical (unpaired) electrons. The van der Waals surface area contributed by atoms with Crippen LogP contribution in [0.15, 0.2) is 65.3 Å². The van der Waals surface area contributed by atoms with Crippen LogP contribution in [0.2, 0.25) is 0 Å². The molecule has 5 nitrogen and oxygen atoms in total. The quantitative estimate of drug-likeness (QED) is 0.499. The van der Waals surface area contributed by atoms with Gasteiger partial charge in [-0.3, -0.25) is 4.79 Å². The summed E-state index contributed by atoms with van der Waals surface area (Å²) in [4.78, 5) is 17.7. The van der Waals surface area contributed by atoms with E-state index in [1.54, 1.807) is 17.5 Å². The highest BCUT2D eigenvalue weighted by Crippen LogP contribution is 2.28. The maximum atomic E-state index is 12.2. The molecule has 1 aromatic carbocycles. The minimum absolute atomic E-state index is 0.0117. The van der Waals surface area contributed by atoms with Crippen LogP contribution in [0.25, 0.3) is 16.1 Å². The number of benzene rings is 1. The molecule has 4 rings (SSSR count). The molecule has 1 amide bonds. The first kappa shape index (κ1) is 17.8. The molecule has 136 valence electrons. The van der Waals surface area contributed by atoms with Crippen LogP contribution in [0.5, 0.6) is 0 Å². The lowest BCUT2D eigenvalue weighted by Gasteiger charge is -2.06. The van der Waals surface area contributed by atoms with Crippen molar-refractivity contribution in [3.05, 3.63) is 71.4 Å². The molecule has 0 atom stereocenters. The van der Waals surface area contributed by atoms with Gasteiger partial charge in [0.2, 0.25) is 5.91 Å². The molecule has 0 saturated carbocycles. The van der Waals surface area contributed by atoms with Gasteiger partial charge in [-0.2, -0.15) is 5.10 Å².